The Bertz CT molecular complexity index is 5500. The quantitative estimate of drug-likeness (QED) is 0.0289. The zero-order valence-electron chi connectivity index (χ0n) is 95.3. The smallest absolute Gasteiger partial charge is 0.191 e. The molecule has 12 aliphatic rings. The van der Waals surface area contributed by atoms with Crippen LogP contribution in [0.15, 0.2) is 181 Å². The summed E-state index contributed by atoms with van der Waals surface area (Å²) in [6.45, 7) is 57.1. The van der Waals surface area contributed by atoms with Crippen molar-refractivity contribution in [1.82, 2.24) is 14.0 Å². The molecule has 0 aliphatic heterocycles. The van der Waals surface area contributed by atoms with Gasteiger partial charge in [0.1, 0.15) is 0 Å². The lowest BCUT2D eigenvalue weighted by Gasteiger charge is -2.54. The Labute approximate surface area is 861 Å². The van der Waals surface area contributed by atoms with Crippen LogP contribution in [0.5, 0.6) is 0 Å². The number of quaternary nitrogens is 3. The van der Waals surface area contributed by atoms with E-state index in [9.17, 15) is 0 Å². The van der Waals surface area contributed by atoms with Crippen molar-refractivity contribution in [3.05, 3.63) is 231 Å². The third-order valence-corrected chi connectivity index (χ3v) is 52.7. The Morgan fingerprint density at radius 3 is 0.907 bits per heavy atom. The molecule has 0 N–H and O–H groups in total. The zero-order valence-corrected chi connectivity index (χ0v) is 98.3. The lowest BCUT2D eigenvalue weighted by atomic mass is 9.68. The number of unbranched alkanes of at least 4 members (excludes halogenated alkanes) is 4. The third kappa shape index (κ3) is 20.6. The van der Waals surface area contributed by atoms with Crippen molar-refractivity contribution in [2.24, 2.45) is 47.3 Å². The van der Waals surface area contributed by atoms with E-state index < -0.39 is 24.7 Å². The summed E-state index contributed by atoms with van der Waals surface area (Å²) in [6, 6.07) is 53.0. The van der Waals surface area contributed by atoms with Gasteiger partial charge in [0.2, 0.25) is 0 Å². The number of nitrogens with zero attached hydrogens (tertiary/aromatic N) is 6. The molecule has 0 spiro atoms. The molecule has 6 fully saturated rings. The standard InChI is InChI=1S/C46H71N2Si.C45H69N2Si.C40H59N2Si/c1-12-14-27-46(28-15-13-2)42-31-35(34-21-24-37(25-22-34)45(4,5)6)23-26-39(42)41-30-36-29-33(3)44(40(36)32-43(41)46)49(10,11)47(48(7,8)9)38-19-17-16-18-20-38;1-11-13-28-45(29-14-12-2)41-31-34(33-20-24-36(25-21-33)44(3,4)5)22-26-38(41)40-30-35-23-27-43(39(35)32-42(40)45)48(9,10)46(47(6,7)8)37-18-16-15-17-19-37;1-27-23-30-24-35-33-22-19-29(28-17-20-31(21-18-28)39(2,3)4)25-36(33)40(5,6)37(35)26-34(30)38(27)43(10,11)41(42(7,8)9)32-15-13-12-14-16-32/h21-26,30-33,36,38,40,44H,12-20,27-29H2,1-11H3;20-22,24-26,30-32,35,37,39,43H,11-19,23,27-29H2,1-10H3;17-22,24-27,30,32,34,38H,12-16,23H2,1-11H3/q3*+1. The molecule has 762 valence electrons. The van der Waals surface area contributed by atoms with E-state index in [2.05, 4.69) is 398 Å². The molecule has 0 aromatic heterocycles. The van der Waals surface area contributed by atoms with Crippen molar-refractivity contribution in [2.45, 2.75) is 423 Å². The fourth-order valence-electron chi connectivity index (χ4n) is 33.1. The minimum Gasteiger partial charge on any atom is -0.258 e. The molecule has 0 saturated heterocycles. The molecule has 0 heterocycles. The first-order valence-electron chi connectivity index (χ1n) is 57.8. The second-order valence-corrected chi connectivity index (χ2v) is 68.9. The Hall–Kier alpha value is -5.83. The van der Waals surface area contributed by atoms with Crippen molar-refractivity contribution in [2.75, 3.05) is 63.4 Å². The van der Waals surface area contributed by atoms with Crippen LogP contribution >= 0.6 is 0 Å². The van der Waals surface area contributed by atoms with Gasteiger partial charge in [-0.3, -0.25) is 13.8 Å². The second kappa shape index (κ2) is 41.0. The number of fused-ring (bicyclic) bond motifs is 12. The van der Waals surface area contributed by atoms with E-state index in [0.29, 0.717) is 35.5 Å². The lowest BCUT2D eigenvalue weighted by molar-refractivity contribution is -0.975. The van der Waals surface area contributed by atoms with E-state index in [1.165, 1.54) is 260 Å². The summed E-state index contributed by atoms with van der Waals surface area (Å²) in [5.41, 5.74) is 34.8. The summed E-state index contributed by atoms with van der Waals surface area (Å²) in [4.78, 5) is 0. The van der Waals surface area contributed by atoms with Crippen LogP contribution in [0.4, 0.5) is 0 Å². The maximum Gasteiger partial charge on any atom is 0.191 e. The molecular formula is C131H199N6Si3+3. The summed E-state index contributed by atoms with van der Waals surface area (Å²) in [6.07, 6.45) is 58.9. The number of hydrogen-bond donors (Lipinski definition) is 0. The molecule has 6 aromatic rings. The van der Waals surface area contributed by atoms with Crippen LogP contribution in [0.25, 0.3) is 50.1 Å². The van der Waals surface area contributed by atoms with Crippen molar-refractivity contribution in [1.29, 1.82) is 0 Å². The molecule has 9 heteroatoms. The van der Waals surface area contributed by atoms with Gasteiger partial charge < -0.3 is 0 Å². The van der Waals surface area contributed by atoms with Crippen molar-refractivity contribution < 1.29 is 13.8 Å². The van der Waals surface area contributed by atoms with Gasteiger partial charge in [0.15, 0.2) is 24.7 Å². The average Bonchev–Trinajstić information content (AvgIpc) is 1.55. The predicted molar refractivity (Wildman–Crippen MR) is 616 cm³/mol. The fraction of sp³-hybridized carbons (Fsp3) is 0.634. The van der Waals surface area contributed by atoms with Crippen molar-refractivity contribution in [3.8, 4) is 33.4 Å². The third-order valence-electron chi connectivity index (χ3n) is 38.6. The van der Waals surface area contributed by atoms with Gasteiger partial charge in [0.25, 0.3) is 0 Å². The fourth-order valence-corrected chi connectivity index (χ4v) is 50.0. The largest absolute Gasteiger partial charge is 0.258 e. The minimum atomic E-state index is -1.85. The zero-order chi connectivity index (χ0) is 101. The predicted octanol–water partition coefficient (Wildman–Crippen LogP) is 35.5. The number of rotatable bonds is 27. The van der Waals surface area contributed by atoms with Crippen LogP contribution < -0.4 is 0 Å². The highest BCUT2D eigenvalue weighted by atomic mass is 28.3. The van der Waals surface area contributed by atoms with E-state index in [0.717, 1.165) is 60.4 Å². The van der Waals surface area contributed by atoms with E-state index in [-0.39, 0.29) is 32.5 Å². The topological polar surface area (TPSA) is 9.72 Å². The Balaban J connectivity index is 0.000000152. The van der Waals surface area contributed by atoms with E-state index in [1.54, 1.807) is 55.7 Å². The molecule has 0 amide bonds. The number of allylic oxidation sites excluding steroid dienone is 12. The van der Waals surface area contributed by atoms with Crippen LogP contribution in [-0.2, 0) is 32.5 Å². The highest BCUT2D eigenvalue weighted by Crippen LogP contribution is 2.68. The number of benzene rings is 6. The summed E-state index contributed by atoms with van der Waals surface area (Å²) in [7, 11) is 16.7. The first-order chi connectivity index (χ1) is 65.9. The summed E-state index contributed by atoms with van der Waals surface area (Å²) in [5, 5.41) is 0. The van der Waals surface area contributed by atoms with Crippen LogP contribution in [0.2, 0.25) is 55.9 Å². The van der Waals surface area contributed by atoms with Crippen molar-refractivity contribution >= 4 is 41.4 Å². The first-order valence-corrected chi connectivity index (χ1v) is 66.9. The second-order valence-electron chi connectivity index (χ2n) is 55.5. The molecule has 6 aromatic carbocycles. The molecule has 0 radical (unpaired) electrons. The van der Waals surface area contributed by atoms with E-state index in [1.807, 2.05) is 0 Å². The normalized spacial score (nSPS) is 25.7. The molecule has 0 bridgehead atoms. The van der Waals surface area contributed by atoms with Gasteiger partial charge in [-0.05, 0) is 299 Å². The molecular weight excluding hydrogens is 1740 g/mol. The monoisotopic (exact) mass is 1940 g/mol. The maximum atomic E-state index is 3.11. The minimum absolute atomic E-state index is 0.0265. The highest BCUT2D eigenvalue weighted by Gasteiger charge is 2.62. The average molecular weight is 1940 g/mol. The molecule has 11 atom stereocenters. The Morgan fingerprint density at radius 1 is 0.314 bits per heavy atom. The summed E-state index contributed by atoms with van der Waals surface area (Å²) >= 11 is 0. The highest BCUT2D eigenvalue weighted by molar-refractivity contribution is 6.77. The molecule has 6 nitrogen and oxygen atoms in total. The summed E-state index contributed by atoms with van der Waals surface area (Å²) in [5.74, 6) is 5.55. The van der Waals surface area contributed by atoms with Gasteiger partial charge in [0, 0.05) is 34.4 Å². The molecule has 12 aliphatic carbocycles. The summed E-state index contributed by atoms with van der Waals surface area (Å²) < 4.78 is 12.2. The first kappa shape index (κ1) is 107. The van der Waals surface area contributed by atoms with E-state index in [4.69, 9.17) is 0 Å². The van der Waals surface area contributed by atoms with E-state index >= 15 is 0 Å². The van der Waals surface area contributed by atoms with Crippen LogP contribution in [0.3, 0.4) is 0 Å². The van der Waals surface area contributed by atoms with Crippen LogP contribution in [-0.4, -0.2) is 134 Å². The van der Waals surface area contributed by atoms with Gasteiger partial charge in [-0.2, -0.15) is 14.0 Å². The molecule has 6 saturated carbocycles. The van der Waals surface area contributed by atoms with Gasteiger partial charge in [-0.1, -0.05) is 418 Å². The van der Waals surface area contributed by atoms with Gasteiger partial charge in [-0.25, -0.2) is 0 Å². The lowest BCUT2D eigenvalue weighted by Crippen LogP contribution is -2.69. The number of hydrogen-bond acceptors (Lipinski definition) is 3. The molecule has 140 heavy (non-hydrogen) atoms. The maximum absolute atomic E-state index is 3.11. The molecule has 18 rings (SSSR count). The SMILES string of the molecule is CC1CC2C=C3C(=CC2C1[Si](C)(C)N(C1CCCCC1)[N+](C)(C)C)C(C)(C)c1cc(-c2ccc(C(C)(C)C)cc2)ccc13.CCCCC1(CCCC)C2=CC3C(C=C2c2ccc(-c4ccc(C(C)(C)C)cc4)cc21)CC(C)C3[Si](C)(C)N(C1CCCCC1)[N+](C)(C)C.CCCCC1(CCCC)C2=CC3C(C=C2c2ccc(-c4ccc(C(C)(C)C)cc4)cc21)CCC3[Si](C)(C)N(C1CCCCC1)[N+](C)(C)C. The van der Waals surface area contributed by atoms with Gasteiger partial charge in [0.05, 0.1) is 63.4 Å². The van der Waals surface area contributed by atoms with Gasteiger partial charge >= 0.3 is 0 Å². The van der Waals surface area contributed by atoms with Crippen molar-refractivity contribution in [3.63, 3.8) is 0 Å². The van der Waals surface area contributed by atoms with Gasteiger partial charge in [-0.15, -0.1) is 0 Å². The Morgan fingerprint density at radius 2 is 0.593 bits per heavy atom. The molecule has 11 unspecified atom stereocenters. The van der Waals surface area contributed by atoms with Crippen LogP contribution in [0, 0.1) is 47.3 Å². The van der Waals surface area contributed by atoms with Crippen LogP contribution in [0.1, 0.15) is 367 Å². The Kier molecular flexibility index (Phi) is 31.3.